The van der Waals surface area contributed by atoms with Crippen molar-refractivity contribution in [2.24, 2.45) is 0 Å². The molecule has 0 bridgehead atoms. The molecule has 0 fully saturated rings. The van der Waals surface area contributed by atoms with Crippen molar-refractivity contribution in [2.75, 3.05) is 7.05 Å². The molecule has 1 N–H and O–H groups in total. The van der Waals surface area contributed by atoms with E-state index in [0.29, 0.717) is 10.0 Å². The molecule has 100 valence electrons. The average molecular weight is 363 g/mol. The summed E-state index contributed by atoms with van der Waals surface area (Å²) in [4.78, 5) is 0. The van der Waals surface area contributed by atoms with Gasteiger partial charge in [-0.1, -0.05) is 45.2 Å². The van der Waals surface area contributed by atoms with Crippen molar-refractivity contribution in [1.82, 2.24) is 5.32 Å². The van der Waals surface area contributed by atoms with Gasteiger partial charge in [-0.05, 0) is 48.5 Å². The Morgan fingerprint density at radius 3 is 2.47 bits per heavy atom. The Hall–Kier alpha value is -0.610. The van der Waals surface area contributed by atoms with Crippen LogP contribution in [-0.2, 0) is 0 Å². The summed E-state index contributed by atoms with van der Waals surface area (Å²) in [6.45, 7) is 0. The van der Waals surface area contributed by atoms with Crippen LogP contribution in [0.25, 0.3) is 0 Å². The fourth-order valence-electron chi connectivity index (χ4n) is 1.95. The molecule has 0 aliphatic rings. The van der Waals surface area contributed by atoms with Gasteiger partial charge in [0.2, 0.25) is 0 Å². The minimum atomic E-state index is -0.288. The van der Waals surface area contributed by atoms with Crippen LogP contribution in [0.1, 0.15) is 17.2 Å². The van der Waals surface area contributed by atoms with Gasteiger partial charge in [-0.2, -0.15) is 0 Å². The molecule has 0 amide bonds. The first kappa shape index (κ1) is 14.8. The van der Waals surface area contributed by atoms with E-state index in [-0.39, 0.29) is 11.9 Å². The number of hydrogen-bond donors (Lipinski definition) is 1. The van der Waals surface area contributed by atoms with Gasteiger partial charge in [-0.25, -0.2) is 4.39 Å². The van der Waals surface area contributed by atoms with Crippen LogP contribution in [0.2, 0.25) is 10.0 Å². The quantitative estimate of drug-likeness (QED) is 0.790. The first-order valence-electron chi connectivity index (χ1n) is 5.60. The molecule has 2 rings (SSSR count). The summed E-state index contributed by atoms with van der Waals surface area (Å²) < 4.78 is 14.2. The van der Waals surface area contributed by atoms with Crippen LogP contribution in [0.4, 0.5) is 4.39 Å². The predicted octanol–water partition coefficient (Wildman–Crippen LogP) is 5.20. The summed E-state index contributed by atoms with van der Waals surface area (Å²) in [5, 5.41) is 4.25. The average Bonchev–Trinajstić information content (AvgIpc) is 2.36. The molecule has 0 radical (unpaired) electrons. The maximum absolute atomic E-state index is 13.4. The molecular formula is C14H11BrCl2FN. The van der Waals surface area contributed by atoms with Gasteiger partial charge in [0, 0.05) is 14.5 Å². The Morgan fingerprint density at radius 2 is 1.84 bits per heavy atom. The van der Waals surface area contributed by atoms with Gasteiger partial charge < -0.3 is 5.32 Å². The van der Waals surface area contributed by atoms with Gasteiger partial charge in [-0.15, -0.1) is 0 Å². The van der Waals surface area contributed by atoms with Crippen molar-refractivity contribution in [3.8, 4) is 0 Å². The highest BCUT2D eigenvalue weighted by atomic mass is 79.9. The molecule has 5 heteroatoms. The van der Waals surface area contributed by atoms with Gasteiger partial charge >= 0.3 is 0 Å². The van der Waals surface area contributed by atoms with E-state index in [1.54, 1.807) is 25.2 Å². The molecule has 1 nitrogen and oxygen atoms in total. The third-order valence-corrected chi connectivity index (χ3v) is 4.12. The number of benzene rings is 2. The molecule has 19 heavy (non-hydrogen) atoms. The molecule has 2 aromatic carbocycles. The molecule has 0 saturated heterocycles. The summed E-state index contributed by atoms with van der Waals surface area (Å²) in [6.07, 6.45) is 0. The number of nitrogens with one attached hydrogen (secondary N) is 1. The Kier molecular flexibility index (Phi) is 4.85. The van der Waals surface area contributed by atoms with Crippen LogP contribution in [0.3, 0.4) is 0 Å². The summed E-state index contributed by atoms with van der Waals surface area (Å²) in [5.41, 5.74) is 1.63. The molecule has 0 spiro atoms. The Balaban J connectivity index is 2.52. The van der Waals surface area contributed by atoms with Gasteiger partial charge in [-0.3, -0.25) is 0 Å². The standard InChI is InChI=1S/C14H11BrCl2FN/c1-19-14(10-4-2-8(16)6-13(10)17)11-7-9(18)3-5-12(11)15/h2-7,14,19H,1H3. The van der Waals surface area contributed by atoms with E-state index in [9.17, 15) is 4.39 Å². The number of hydrogen-bond acceptors (Lipinski definition) is 1. The summed E-state index contributed by atoms with van der Waals surface area (Å²) >= 11 is 15.5. The van der Waals surface area contributed by atoms with Crippen LogP contribution in [0, 0.1) is 5.82 Å². The second-order valence-electron chi connectivity index (χ2n) is 4.05. The molecule has 2 aromatic rings. The lowest BCUT2D eigenvalue weighted by Gasteiger charge is -2.20. The lowest BCUT2D eigenvalue weighted by molar-refractivity contribution is 0.615. The molecular weight excluding hydrogens is 352 g/mol. The third-order valence-electron chi connectivity index (χ3n) is 2.83. The second kappa shape index (κ2) is 6.23. The lowest BCUT2D eigenvalue weighted by atomic mass is 9.98. The maximum atomic E-state index is 13.4. The summed E-state index contributed by atoms with van der Waals surface area (Å²) in [6, 6.07) is 9.63. The predicted molar refractivity (Wildman–Crippen MR) is 81.5 cm³/mol. The van der Waals surface area contributed by atoms with Crippen molar-refractivity contribution in [2.45, 2.75) is 6.04 Å². The van der Waals surface area contributed by atoms with E-state index >= 15 is 0 Å². The van der Waals surface area contributed by atoms with Crippen LogP contribution in [0.15, 0.2) is 40.9 Å². The van der Waals surface area contributed by atoms with E-state index in [2.05, 4.69) is 21.2 Å². The van der Waals surface area contributed by atoms with Gasteiger partial charge in [0.25, 0.3) is 0 Å². The maximum Gasteiger partial charge on any atom is 0.123 e. The van der Waals surface area contributed by atoms with Crippen LogP contribution >= 0.6 is 39.1 Å². The number of rotatable bonds is 3. The van der Waals surface area contributed by atoms with E-state index in [1.807, 2.05) is 6.07 Å². The van der Waals surface area contributed by atoms with Crippen molar-refractivity contribution >= 4 is 39.1 Å². The molecule has 0 aromatic heterocycles. The second-order valence-corrected chi connectivity index (χ2v) is 5.75. The minimum Gasteiger partial charge on any atom is -0.309 e. The zero-order valence-corrected chi connectivity index (χ0v) is 13.2. The SMILES string of the molecule is CNC(c1ccc(Cl)cc1Cl)c1cc(F)ccc1Br. The third kappa shape index (κ3) is 3.29. The van der Waals surface area contributed by atoms with E-state index in [4.69, 9.17) is 23.2 Å². The topological polar surface area (TPSA) is 12.0 Å². The van der Waals surface area contributed by atoms with E-state index in [1.165, 1.54) is 12.1 Å². The smallest absolute Gasteiger partial charge is 0.123 e. The minimum absolute atomic E-state index is 0.213. The molecule has 0 aliphatic carbocycles. The first-order valence-corrected chi connectivity index (χ1v) is 7.15. The van der Waals surface area contributed by atoms with Gasteiger partial charge in [0.05, 0.1) is 6.04 Å². The normalized spacial score (nSPS) is 12.5. The van der Waals surface area contributed by atoms with Gasteiger partial charge in [0.15, 0.2) is 0 Å². The Labute approximate surface area is 129 Å². The summed E-state index contributed by atoms with van der Waals surface area (Å²) in [5.74, 6) is -0.288. The van der Waals surface area contributed by atoms with Crippen molar-refractivity contribution in [1.29, 1.82) is 0 Å². The molecule has 1 atom stereocenters. The first-order chi connectivity index (χ1) is 9.02. The molecule has 0 heterocycles. The zero-order valence-electron chi connectivity index (χ0n) is 10.1. The van der Waals surface area contributed by atoms with Crippen molar-refractivity contribution < 1.29 is 4.39 Å². The highest BCUT2D eigenvalue weighted by Crippen LogP contribution is 2.33. The molecule has 0 aliphatic heterocycles. The Morgan fingerprint density at radius 1 is 1.11 bits per heavy atom. The highest BCUT2D eigenvalue weighted by molar-refractivity contribution is 9.10. The Bertz CT molecular complexity index is 604. The highest BCUT2D eigenvalue weighted by Gasteiger charge is 2.18. The largest absolute Gasteiger partial charge is 0.309 e. The summed E-state index contributed by atoms with van der Waals surface area (Å²) in [7, 11) is 1.80. The van der Waals surface area contributed by atoms with Crippen LogP contribution in [-0.4, -0.2) is 7.05 Å². The molecule has 1 unspecified atom stereocenters. The molecule has 0 saturated carbocycles. The number of halogens is 4. The van der Waals surface area contributed by atoms with Crippen LogP contribution in [0.5, 0.6) is 0 Å². The fourth-order valence-corrected chi connectivity index (χ4v) is 2.94. The van der Waals surface area contributed by atoms with Crippen molar-refractivity contribution in [3.05, 3.63) is 67.9 Å². The van der Waals surface area contributed by atoms with Gasteiger partial charge in [0.1, 0.15) is 5.82 Å². The van der Waals surface area contributed by atoms with E-state index < -0.39 is 0 Å². The fraction of sp³-hybridized carbons (Fsp3) is 0.143. The van der Waals surface area contributed by atoms with E-state index in [0.717, 1.165) is 15.6 Å². The monoisotopic (exact) mass is 361 g/mol. The zero-order chi connectivity index (χ0) is 14.0. The van der Waals surface area contributed by atoms with Crippen molar-refractivity contribution in [3.63, 3.8) is 0 Å². The lowest BCUT2D eigenvalue weighted by Crippen LogP contribution is -2.18. The van der Waals surface area contributed by atoms with Crippen LogP contribution < -0.4 is 5.32 Å².